The fraction of sp³-hybridized carbons (Fsp3) is 0.500. The molecule has 4 heteroatoms. The van der Waals surface area contributed by atoms with Crippen molar-refractivity contribution in [2.24, 2.45) is 0 Å². The van der Waals surface area contributed by atoms with Crippen molar-refractivity contribution in [2.45, 2.75) is 13.8 Å². The third kappa shape index (κ3) is 3.10. The van der Waals surface area contributed by atoms with E-state index >= 15 is 0 Å². The van der Waals surface area contributed by atoms with Gasteiger partial charge in [-0.1, -0.05) is 13.8 Å². The number of nitrogens with two attached hydrogens (primary N) is 1. The van der Waals surface area contributed by atoms with Gasteiger partial charge in [0, 0.05) is 18.8 Å². The van der Waals surface area contributed by atoms with Crippen molar-refractivity contribution >= 4 is 11.4 Å². The van der Waals surface area contributed by atoms with Gasteiger partial charge in [0.05, 0.1) is 18.9 Å². The van der Waals surface area contributed by atoms with Crippen LogP contribution in [0, 0.1) is 5.82 Å². The molecule has 0 aliphatic carbocycles. The Balaban J connectivity index is 0.000000606. The largest absolute Gasteiger partial charge is 0.399 e. The molecule has 0 spiro atoms. The Bertz CT molecular complexity index is 325. The van der Waals surface area contributed by atoms with Crippen LogP contribution in [0.15, 0.2) is 18.2 Å². The zero-order valence-electron chi connectivity index (χ0n) is 9.87. The second-order valence-corrected chi connectivity index (χ2v) is 3.31. The highest BCUT2D eigenvalue weighted by Gasteiger charge is 2.14. The van der Waals surface area contributed by atoms with Gasteiger partial charge in [0.15, 0.2) is 0 Å². The smallest absolute Gasteiger partial charge is 0.148 e. The van der Waals surface area contributed by atoms with Gasteiger partial charge in [0.1, 0.15) is 5.82 Å². The maximum atomic E-state index is 13.5. The number of halogens is 1. The van der Waals surface area contributed by atoms with Gasteiger partial charge in [0.2, 0.25) is 0 Å². The van der Waals surface area contributed by atoms with Gasteiger partial charge in [-0.3, -0.25) is 0 Å². The minimum absolute atomic E-state index is 0.257. The quantitative estimate of drug-likeness (QED) is 0.746. The van der Waals surface area contributed by atoms with Crippen LogP contribution in [-0.2, 0) is 4.74 Å². The second kappa shape index (κ2) is 6.33. The predicted octanol–water partition coefficient (Wildman–Crippen LogP) is 2.27. The van der Waals surface area contributed by atoms with Crippen molar-refractivity contribution in [1.29, 1.82) is 0 Å². The van der Waals surface area contributed by atoms with Crippen molar-refractivity contribution < 1.29 is 9.13 Å². The minimum atomic E-state index is -0.257. The summed E-state index contributed by atoms with van der Waals surface area (Å²) in [6.07, 6.45) is 0. The topological polar surface area (TPSA) is 38.5 Å². The summed E-state index contributed by atoms with van der Waals surface area (Å²) in [6.45, 7) is 6.79. The average Bonchev–Trinajstić information content (AvgIpc) is 2.33. The van der Waals surface area contributed by atoms with Gasteiger partial charge in [0.25, 0.3) is 0 Å². The van der Waals surface area contributed by atoms with Crippen LogP contribution >= 0.6 is 0 Å². The van der Waals surface area contributed by atoms with Crippen molar-refractivity contribution in [3.63, 3.8) is 0 Å². The molecule has 0 bridgehead atoms. The Morgan fingerprint density at radius 1 is 1.25 bits per heavy atom. The molecule has 1 aliphatic heterocycles. The SMILES string of the molecule is CC.Nc1ccc(N2CCOCC2)c(F)c1. The summed E-state index contributed by atoms with van der Waals surface area (Å²) in [6, 6.07) is 4.79. The van der Waals surface area contributed by atoms with E-state index < -0.39 is 0 Å². The summed E-state index contributed by atoms with van der Waals surface area (Å²) in [5.41, 5.74) is 6.55. The third-order valence-electron chi connectivity index (χ3n) is 2.32. The molecule has 0 unspecified atom stereocenters. The van der Waals surface area contributed by atoms with E-state index in [1.54, 1.807) is 12.1 Å². The number of hydrogen-bond acceptors (Lipinski definition) is 3. The third-order valence-corrected chi connectivity index (χ3v) is 2.32. The maximum Gasteiger partial charge on any atom is 0.148 e. The van der Waals surface area contributed by atoms with Gasteiger partial charge in [-0.2, -0.15) is 0 Å². The fourth-order valence-electron chi connectivity index (χ4n) is 1.58. The van der Waals surface area contributed by atoms with E-state index in [0.29, 0.717) is 24.6 Å². The van der Waals surface area contributed by atoms with Crippen molar-refractivity contribution in [3.05, 3.63) is 24.0 Å². The highest BCUT2D eigenvalue weighted by Crippen LogP contribution is 2.22. The fourth-order valence-corrected chi connectivity index (χ4v) is 1.58. The van der Waals surface area contributed by atoms with Crippen LogP contribution in [0.1, 0.15) is 13.8 Å². The molecule has 0 atom stereocenters. The predicted molar refractivity (Wildman–Crippen MR) is 65.2 cm³/mol. The van der Waals surface area contributed by atoms with Crippen LogP contribution in [0.4, 0.5) is 15.8 Å². The lowest BCUT2D eigenvalue weighted by molar-refractivity contribution is 0.122. The van der Waals surface area contributed by atoms with Gasteiger partial charge in [-0.15, -0.1) is 0 Å². The maximum absolute atomic E-state index is 13.5. The van der Waals surface area contributed by atoms with E-state index in [-0.39, 0.29) is 5.82 Å². The molecule has 3 nitrogen and oxygen atoms in total. The number of benzene rings is 1. The Labute approximate surface area is 96.0 Å². The number of rotatable bonds is 1. The standard InChI is InChI=1S/C10H13FN2O.C2H6/c11-9-7-8(12)1-2-10(9)13-3-5-14-6-4-13;1-2/h1-2,7H,3-6,12H2;1-2H3. The normalized spacial score (nSPS) is 15.3. The summed E-state index contributed by atoms with van der Waals surface area (Å²) < 4.78 is 18.7. The van der Waals surface area contributed by atoms with Crippen molar-refractivity contribution in [3.8, 4) is 0 Å². The van der Waals surface area contributed by atoms with Gasteiger partial charge in [-0.25, -0.2) is 4.39 Å². The van der Waals surface area contributed by atoms with Gasteiger partial charge in [-0.05, 0) is 18.2 Å². The Kier molecular flexibility index (Phi) is 5.05. The first-order chi connectivity index (χ1) is 7.77. The van der Waals surface area contributed by atoms with Crippen LogP contribution in [0.2, 0.25) is 0 Å². The Morgan fingerprint density at radius 3 is 2.44 bits per heavy atom. The van der Waals surface area contributed by atoms with E-state index in [9.17, 15) is 4.39 Å². The summed E-state index contributed by atoms with van der Waals surface area (Å²) in [4.78, 5) is 1.97. The lowest BCUT2D eigenvalue weighted by atomic mass is 10.2. The van der Waals surface area contributed by atoms with E-state index in [0.717, 1.165) is 13.1 Å². The zero-order chi connectivity index (χ0) is 12.0. The van der Waals surface area contributed by atoms with E-state index in [4.69, 9.17) is 10.5 Å². The molecule has 2 N–H and O–H groups in total. The Morgan fingerprint density at radius 2 is 1.88 bits per heavy atom. The first-order valence-electron chi connectivity index (χ1n) is 5.65. The zero-order valence-corrected chi connectivity index (χ0v) is 9.87. The molecule has 1 aromatic rings. The molecule has 1 fully saturated rings. The number of nitrogens with zero attached hydrogens (tertiary/aromatic N) is 1. The molecule has 1 saturated heterocycles. The van der Waals surface area contributed by atoms with E-state index in [2.05, 4.69) is 0 Å². The monoisotopic (exact) mass is 226 g/mol. The van der Waals surface area contributed by atoms with Gasteiger partial charge >= 0.3 is 0 Å². The molecule has 0 radical (unpaired) electrons. The summed E-state index contributed by atoms with van der Waals surface area (Å²) in [5, 5.41) is 0. The molecule has 0 saturated carbocycles. The number of anilines is 2. The number of ether oxygens (including phenoxy) is 1. The molecule has 90 valence electrons. The molecule has 1 aromatic carbocycles. The summed E-state index contributed by atoms with van der Waals surface area (Å²) in [7, 11) is 0. The van der Waals surface area contributed by atoms with Crippen LogP contribution < -0.4 is 10.6 Å². The first kappa shape index (κ1) is 12.8. The number of morpholine rings is 1. The molecular weight excluding hydrogens is 207 g/mol. The van der Waals surface area contributed by atoms with Gasteiger partial charge < -0.3 is 15.4 Å². The highest BCUT2D eigenvalue weighted by molar-refractivity contribution is 5.54. The van der Waals surface area contributed by atoms with Crippen molar-refractivity contribution in [1.82, 2.24) is 0 Å². The second-order valence-electron chi connectivity index (χ2n) is 3.31. The van der Waals surface area contributed by atoms with Crippen LogP contribution in [0.3, 0.4) is 0 Å². The van der Waals surface area contributed by atoms with E-state index in [1.165, 1.54) is 6.07 Å². The lowest BCUT2D eigenvalue weighted by Crippen LogP contribution is -2.36. The minimum Gasteiger partial charge on any atom is -0.399 e. The molecular formula is C12H19FN2O. The number of hydrogen-bond donors (Lipinski definition) is 1. The molecule has 2 rings (SSSR count). The van der Waals surface area contributed by atoms with E-state index in [1.807, 2.05) is 18.7 Å². The molecule has 1 heterocycles. The first-order valence-corrected chi connectivity index (χ1v) is 5.65. The van der Waals surface area contributed by atoms with Crippen LogP contribution in [-0.4, -0.2) is 26.3 Å². The van der Waals surface area contributed by atoms with Crippen LogP contribution in [0.25, 0.3) is 0 Å². The lowest BCUT2D eigenvalue weighted by Gasteiger charge is -2.29. The molecule has 1 aliphatic rings. The highest BCUT2D eigenvalue weighted by atomic mass is 19.1. The molecule has 0 aromatic heterocycles. The molecule has 0 amide bonds. The average molecular weight is 226 g/mol. The van der Waals surface area contributed by atoms with Crippen molar-refractivity contribution in [2.75, 3.05) is 36.9 Å². The summed E-state index contributed by atoms with van der Waals surface area (Å²) >= 11 is 0. The van der Waals surface area contributed by atoms with Crippen LogP contribution in [0.5, 0.6) is 0 Å². The number of nitrogen functional groups attached to an aromatic ring is 1. The molecule has 16 heavy (non-hydrogen) atoms. The summed E-state index contributed by atoms with van der Waals surface area (Å²) in [5.74, 6) is -0.257. The Hall–Kier alpha value is -1.29.